The largest absolute Gasteiger partial charge is 0.369 e. The van der Waals surface area contributed by atoms with Gasteiger partial charge in [0.15, 0.2) is 0 Å². The third-order valence-electron chi connectivity index (χ3n) is 4.77. The Labute approximate surface area is 152 Å². The molecule has 0 amide bonds. The van der Waals surface area contributed by atoms with Crippen molar-refractivity contribution in [3.63, 3.8) is 0 Å². The molecule has 6 heteroatoms. The summed E-state index contributed by atoms with van der Waals surface area (Å²) in [6.07, 6.45) is 6.45. The van der Waals surface area contributed by atoms with Crippen LogP contribution in [0.4, 0.5) is 11.5 Å². The van der Waals surface area contributed by atoms with E-state index in [0.717, 1.165) is 43.3 Å². The molecule has 0 spiro atoms. The van der Waals surface area contributed by atoms with Crippen molar-refractivity contribution < 1.29 is 0 Å². The van der Waals surface area contributed by atoms with E-state index in [1.165, 1.54) is 12.8 Å². The van der Waals surface area contributed by atoms with E-state index in [-0.39, 0.29) is 0 Å². The molecular weight excluding hydrogens is 334 g/mol. The Kier molecular flexibility index (Phi) is 4.46. The van der Waals surface area contributed by atoms with Crippen LogP contribution in [0.1, 0.15) is 43.0 Å². The number of hydrogen-bond acceptors (Lipinski definition) is 5. The van der Waals surface area contributed by atoms with E-state index in [2.05, 4.69) is 26.3 Å². The lowest BCUT2D eigenvalue weighted by atomic mass is 10.0. The Morgan fingerprint density at radius 3 is 2.92 bits per heavy atom. The minimum Gasteiger partial charge on any atom is -0.369 e. The zero-order chi connectivity index (χ0) is 17.2. The van der Waals surface area contributed by atoms with E-state index < -0.39 is 0 Å². The molecule has 4 rings (SSSR count). The Hall–Kier alpha value is -2.32. The molecule has 2 fully saturated rings. The maximum atomic E-state index is 9.15. The zero-order valence-corrected chi connectivity index (χ0v) is 14.7. The van der Waals surface area contributed by atoms with Crippen molar-refractivity contribution in [1.82, 2.24) is 9.97 Å². The minimum atomic E-state index is 0.320. The van der Waals surface area contributed by atoms with Crippen LogP contribution in [-0.2, 0) is 0 Å². The first-order valence-corrected chi connectivity index (χ1v) is 9.14. The van der Waals surface area contributed by atoms with Crippen LogP contribution in [0.15, 0.2) is 30.5 Å². The molecule has 2 aromatic rings. The predicted molar refractivity (Wildman–Crippen MR) is 99.0 cm³/mol. The number of halogens is 1. The van der Waals surface area contributed by atoms with Crippen LogP contribution in [0.25, 0.3) is 0 Å². The van der Waals surface area contributed by atoms with Crippen LogP contribution in [0.5, 0.6) is 0 Å². The summed E-state index contributed by atoms with van der Waals surface area (Å²) in [5, 5.41) is 13.3. The second-order valence-electron chi connectivity index (χ2n) is 6.81. The minimum absolute atomic E-state index is 0.320. The first kappa shape index (κ1) is 16.2. The second-order valence-corrected chi connectivity index (χ2v) is 7.25. The lowest BCUT2D eigenvalue weighted by Crippen LogP contribution is -2.42. The summed E-state index contributed by atoms with van der Waals surface area (Å²) in [7, 11) is 0. The smallest absolute Gasteiger partial charge is 0.133 e. The van der Waals surface area contributed by atoms with Gasteiger partial charge in [-0.05, 0) is 49.9 Å². The van der Waals surface area contributed by atoms with Crippen LogP contribution in [-0.4, -0.2) is 29.1 Å². The molecule has 1 aromatic carbocycles. The van der Waals surface area contributed by atoms with Crippen molar-refractivity contribution >= 4 is 23.1 Å². The Balaban J connectivity index is 1.47. The number of rotatable bonds is 4. The molecule has 0 bridgehead atoms. The topological polar surface area (TPSA) is 64.8 Å². The normalized spacial score (nSPS) is 20.2. The van der Waals surface area contributed by atoms with Gasteiger partial charge < -0.3 is 10.2 Å². The van der Waals surface area contributed by atoms with Crippen LogP contribution < -0.4 is 10.2 Å². The summed E-state index contributed by atoms with van der Waals surface area (Å²) in [4.78, 5) is 11.3. The van der Waals surface area contributed by atoms with E-state index in [9.17, 15) is 0 Å². The summed E-state index contributed by atoms with van der Waals surface area (Å²) in [5.74, 6) is 2.43. The highest BCUT2D eigenvalue weighted by molar-refractivity contribution is 6.31. The standard InChI is InChI=1S/C19H20ClN5/c20-15-8-13(11-21)9-17(10-15)25-7-1-2-16(12-25)23-18-5-6-22-19(24-18)14-3-4-14/h5-6,8-10,14,16H,1-4,7,12H2,(H,22,23,24). The summed E-state index contributed by atoms with van der Waals surface area (Å²) in [6, 6.07) is 9.98. The fraction of sp³-hybridized carbons (Fsp3) is 0.421. The highest BCUT2D eigenvalue weighted by atomic mass is 35.5. The number of nitrogens with one attached hydrogen (secondary N) is 1. The van der Waals surface area contributed by atoms with Gasteiger partial charge in [0.1, 0.15) is 11.6 Å². The van der Waals surface area contributed by atoms with Gasteiger partial charge in [-0.3, -0.25) is 0 Å². The molecule has 5 nitrogen and oxygen atoms in total. The monoisotopic (exact) mass is 353 g/mol. The Bertz CT molecular complexity index is 812. The van der Waals surface area contributed by atoms with E-state index >= 15 is 0 Å². The van der Waals surface area contributed by atoms with Gasteiger partial charge >= 0.3 is 0 Å². The van der Waals surface area contributed by atoms with E-state index in [1.807, 2.05) is 24.4 Å². The van der Waals surface area contributed by atoms with Crippen molar-refractivity contribution in [2.75, 3.05) is 23.3 Å². The quantitative estimate of drug-likeness (QED) is 0.901. The van der Waals surface area contributed by atoms with Crippen molar-refractivity contribution in [3.8, 4) is 6.07 Å². The van der Waals surface area contributed by atoms with Crippen LogP contribution >= 0.6 is 11.6 Å². The lowest BCUT2D eigenvalue weighted by Gasteiger charge is -2.35. The molecule has 0 radical (unpaired) electrons. The fourth-order valence-electron chi connectivity index (χ4n) is 3.35. The summed E-state index contributed by atoms with van der Waals surface area (Å²) >= 11 is 6.16. The van der Waals surface area contributed by atoms with Crippen molar-refractivity contribution in [2.24, 2.45) is 0 Å². The van der Waals surface area contributed by atoms with Gasteiger partial charge in [-0.25, -0.2) is 9.97 Å². The first-order valence-electron chi connectivity index (χ1n) is 8.76. The molecule has 1 unspecified atom stereocenters. The molecule has 1 saturated heterocycles. The van der Waals surface area contributed by atoms with Gasteiger partial charge in [-0.2, -0.15) is 5.26 Å². The summed E-state index contributed by atoms with van der Waals surface area (Å²) < 4.78 is 0. The van der Waals surface area contributed by atoms with Crippen molar-refractivity contribution in [1.29, 1.82) is 5.26 Å². The summed E-state index contributed by atoms with van der Waals surface area (Å²) in [6.45, 7) is 1.84. The van der Waals surface area contributed by atoms with Crippen molar-refractivity contribution in [2.45, 2.75) is 37.6 Å². The Morgan fingerprint density at radius 1 is 1.24 bits per heavy atom. The number of hydrogen-bond donors (Lipinski definition) is 1. The van der Waals surface area contributed by atoms with Gasteiger partial charge in [0, 0.05) is 42.0 Å². The maximum absolute atomic E-state index is 9.15. The molecule has 128 valence electrons. The average Bonchev–Trinajstić information content (AvgIpc) is 3.47. The van der Waals surface area contributed by atoms with Gasteiger partial charge in [-0.15, -0.1) is 0 Å². The number of aromatic nitrogens is 2. The molecule has 1 aromatic heterocycles. The van der Waals surface area contributed by atoms with Gasteiger partial charge in [0.2, 0.25) is 0 Å². The molecule has 1 atom stereocenters. The van der Waals surface area contributed by atoms with Crippen LogP contribution in [0.3, 0.4) is 0 Å². The van der Waals surface area contributed by atoms with E-state index in [0.29, 0.717) is 22.5 Å². The fourth-order valence-corrected chi connectivity index (χ4v) is 3.58. The third kappa shape index (κ3) is 3.85. The van der Waals surface area contributed by atoms with Crippen LogP contribution in [0, 0.1) is 11.3 Å². The highest BCUT2D eigenvalue weighted by Crippen LogP contribution is 2.38. The average molecular weight is 354 g/mol. The molecule has 2 aliphatic rings. The number of piperidine rings is 1. The van der Waals surface area contributed by atoms with E-state index in [4.69, 9.17) is 16.9 Å². The number of nitriles is 1. The number of nitrogens with zero attached hydrogens (tertiary/aromatic N) is 4. The maximum Gasteiger partial charge on any atom is 0.133 e. The summed E-state index contributed by atoms with van der Waals surface area (Å²) in [5.41, 5.74) is 1.61. The zero-order valence-electron chi connectivity index (χ0n) is 14.0. The lowest BCUT2D eigenvalue weighted by molar-refractivity contribution is 0.528. The number of benzene rings is 1. The molecule has 25 heavy (non-hydrogen) atoms. The first-order chi connectivity index (χ1) is 12.2. The van der Waals surface area contributed by atoms with Gasteiger partial charge in [0.05, 0.1) is 11.6 Å². The predicted octanol–water partition coefficient (Wildman–Crippen LogP) is 3.96. The molecule has 2 heterocycles. The van der Waals surface area contributed by atoms with Gasteiger partial charge in [0.25, 0.3) is 0 Å². The molecule has 1 N–H and O–H groups in total. The molecule has 1 aliphatic heterocycles. The van der Waals surface area contributed by atoms with Gasteiger partial charge in [-0.1, -0.05) is 11.6 Å². The SMILES string of the molecule is N#Cc1cc(Cl)cc(N2CCCC(Nc3ccnc(C4CC4)n3)C2)c1. The van der Waals surface area contributed by atoms with Crippen LogP contribution in [0.2, 0.25) is 5.02 Å². The highest BCUT2D eigenvalue weighted by Gasteiger charge is 2.27. The Morgan fingerprint density at radius 2 is 2.12 bits per heavy atom. The number of anilines is 2. The molecule has 1 saturated carbocycles. The van der Waals surface area contributed by atoms with Crippen molar-refractivity contribution in [3.05, 3.63) is 46.9 Å². The second kappa shape index (κ2) is 6.89. The molecule has 1 aliphatic carbocycles. The molecular formula is C19H20ClN5. The van der Waals surface area contributed by atoms with E-state index in [1.54, 1.807) is 6.07 Å². The third-order valence-corrected chi connectivity index (χ3v) is 4.99.